The second-order valence-corrected chi connectivity index (χ2v) is 5.64. The standard InChI is InChI=1S/C16H18N2O3S/c1-11-7-8-22-15(11)16(20)18-9-12-3-5-13(6-4-12)21-10-14(19)17-2/h3-8H,9-10H2,1-2H3,(H,17,19)(H,18,20). The van der Waals surface area contributed by atoms with Gasteiger partial charge >= 0.3 is 0 Å². The quantitative estimate of drug-likeness (QED) is 0.857. The van der Waals surface area contributed by atoms with Gasteiger partial charge in [-0.3, -0.25) is 9.59 Å². The van der Waals surface area contributed by atoms with Gasteiger partial charge in [0, 0.05) is 13.6 Å². The van der Waals surface area contributed by atoms with Gasteiger partial charge in [-0.25, -0.2) is 0 Å². The number of hydrogen-bond donors (Lipinski definition) is 2. The van der Waals surface area contributed by atoms with E-state index in [4.69, 9.17) is 4.74 Å². The number of carbonyl (C=O) groups excluding carboxylic acids is 2. The van der Waals surface area contributed by atoms with Crippen LogP contribution in [0, 0.1) is 6.92 Å². The van der Waals surface area contributed by atoms with Crippen molar-refractivity contribution in [3.05, 3.63) is 51.7 Å². The van der Waals surface area contributed by atoms with Crippen molar-refractivity contribution < 1.29 is 14.3 Å². The van der Waals surface area contributed by atoms with Gasteiger partial charge in [0.25, 0.3) is 11.8 Å². The summed E-state index contributed by atoms with van der Waals surface area (Å²) in [5, 5.41) is 7.28. The first-order chi connectivity index (χ1) is 10.6. The summed E-state index contributed by atoms with van der Waals surface area (Å²) in [5.41, 5.74) is 1.95. The first-order valence-electron chi connectivity index (χ1n) is 6.84. The number of carbonyl (C=O) groups is 2. The van der Waals surface area contributed by atoms with Gasteiger partial charge in [-0.15, -0.1) is 11.3 Å². The minimum Gasteiger partial charge on any atom is -0.484 e. The molecule has 0 saturated heterocycles. The minimum atomic E-state index is -0.178. The van der Waals surface area contributed by atoms with Crippen LogP contribution in [0.25, 0.3) is 0 Å². The Balaban J connectivity index is 1.85. The number of amides is 2. The highest BCUT2D eigenvalue weighted by atomic mass is 32.1. The number of ether oxygens (including phenoxy) is 1. The Bertz CT molecular complexity index is 650. The molecule has 2 N–H and O–H groups in total. The van der Waals surface area contributed by atoms with Crippen LogP contribution in [0.15, 0.2) is 35.7 Å². The van der Waals surface area contributed by atoms with Gasteiger partial charge in [0.05, 0.1) is 4.88 Å². The average molecular weight is 318 g/mol. The van der Waals surface area contributed by atoms with Crippen molar-refractivity contribution in [3.8, 4) is 5.75 Å². The first kappa shape index (κ1) is 16.0. The SMILES string of the molecule is CNC(=O)COc1ccc(CNC(=O)c2sccc2C)cc1. The Labute approximate surface area is 133 Å². The lowest BCUT2D eigenvalue weighted by Gasteiger charge is -2.07. The molecule has 0 fully saturated rings. The van der Waals surface area contributed by atoms with Gasteiger partial charge in [0.1, 0.15) is 5.75 Å². The number of nitrogens with one attached hydrogen (secondary N) is 2. The zero-order valence-electron chi connectivity index (χ0n) is 12.5. The molecule has 0 aliphatic carbocycles. The van der Waals surface area contributed by atoms with Gasteiger partial charge < -0.3 is 15.4 Å². The van der Waals surface area contributed by atoms with Crippen LogP contribution in [-0.2, 0) is 11.3 Å². The van der Waals surface area contributed by atoms with Crippen molar-refractivity contribution in [2.24, 2.45) is 0 Å². The predicted molar refractivity (Wildman–Crippen MR) is 86.2 cm³/mol. The van der Waals surface area contributed by atoms with E-state index in [1.807, 2.05) is 30.5 Å². The van der Waals surface area contributed by atoms with Crippen LogP contribution >= 0.6 is 11.3 Å². The summed E-state index contributed by atoms with van der Waals surface area (Å²) in [7, 11) is 1.56. The summed E-state index contributed by atoms with van der Waals surface area (Å²) >= 11 is 1.44. The summed E-state index contributed by atoms with van der Waals surface area (Å²) in [6, 6.07) is 9.21. The Morgan fingerprint density at radius 1 is 1.18 bits per heavy atom. The van der Waals surface area contributed by atoms with Crippen LogP contribution in [0.1, 0.15) is 20.8 Å². The summed E-state index contributed by atoms with van der Waals surface area (Å²) in [4.78, 5) is 23.8. The van der Waals surface area contributed by atoms with Crippen molar-refractivity contribution in [3.63, 3.8) is 0 Å². The molecule has 1 aromatic carbocycles. The normalized spacial score (nSPS) is 10.1. The van der Waals surface area contributed by atoms with Crippen LogP contribution in [0.2, 0.25) is 0 Å². The van der Waals surface area contributed by atoms with Gasteiger partial charge in [-0.05, 0) is 41.6 Å². The van der Waals surface area contributed by atoms with Crippen molar-refractivity contribution >= 4 is 23.2 Å². The summed E-state index contributed by atoms with van der Waals surface area (Å²) < 4.78 is 5.32. The van der Waals surface area contributed by atoms with Gasteiger partial charge in [0.2, 0.25) is 0 Å². The first-order valence-corrected chi connectivity index (χ1v) is 7.72. The summed E-state index contributed by atoms with van der Waals surface area (Å²) in [6.07, 6.45) is 0. The van der Waals surface area contributed by atoms with Crippen molar-refractivity contribution in [1.82, 2.24) is 10.6 Å². The second-order valence-electron chi connectivity index (χ2n) is 4.72. The highest BCUT2D eigenvalue weighted by Gasteiger charge is 2.09. The fourth-order valence-electron chi connectivity index (χ4n) is 1.79. The van der Waals surface area contributed by atoms with E-state index in [1.54, 1.807) is 19.2 Å². The molecule has 0 aliphatic heterocycles. The maximum atomic E-state index is 12.0. The fraction of sp³-hybridized carbons (Fsp3) is 0.250. The molecular weight excluding hydrogens is 300 g/mol. The zero-order valence-corrected chi connectivity index (χ0v) is 13.3. The molecule has 2 amide bonds. The Hall–Kier alpha value is -2.34. The number of hydrogen-bond acceptors (Lipinski definition) is 4. The molecule has 0 unspecified atom stereocenters. The Kier molecular flexibility index (Phi) is 5.55. The molecule has 2 aromatic rings. The molecule has 0 saturated carbocycles. The monoisotopic (exact) mass is 318 g/mol. The third-order valence-corrected chi connectivity index (χ3v) is 4.11. The van der Waals surface area contributed by atoms with Gasteiger partial charge in [-0.2, -0.15) is 0 Å². The number of benzene rings is 1. The average Bonchev–Trinajstić information content (AvgIpc) is 2.97. The third-order valence-electron chi connectivity index (χ3n) is 3.09. The lowest BCUT2D eigenvalue weighted by Crippen LogP contribution is -2.24. The molecule has 22 heavy (non-hydrogen) atoms. The van der Waals surface area contributed by atoms with E-state index in [1.165, 1.54) is 11.3 Å². The zero-order chi connectivity index (χ0) is 15.9. The van der Waals surface area contributed by atoms with E-state index in [2.05, 4.69) is 10.6 Å². The molecule has 0 radical (unpaired) electrons. The Morgan fingerprint density at radius 3 is 2.50 bits per heavy atom. The van der Waals surface area contributed by atoms with Crippen LogP contribution in [0.5, 0.6) is 5.75 Å². The van der Waals surface area contributed by atoms with E-state index < -0.39 is 0 Å². The van der Waals surface area contributed by atoms with Crippen LogP contribution in [-0.4, -0.2) is 25.5 Å². The number of likely N-dealkylation sites (N-methyl/N-ethyl adjacent to an activating group) is 1. The van der Waals surface area contributed by atoms with E-state index in [0.717, 1.165) is 16.0 Å². The highest BCUT2D eigenvalue weighted by Crippen LogP contribution is 2.16. The summed E-state index contributed by atoms with van der Waals surface area (Å²) in [6.45, 7) is 2.36. The number of aryl methyl sites for hydroxylation is 1. The molecule has 6 heteroatoms. The highest BCUT2D eigenvalue weighted by molar-refractivity contribution is 7.12. The molecule has 116 valence electrons. The van der Waals surface area contributed by atoms with Gasteiger partial charge in [-0.1, -0.05) is 12.1 Å². The predicted octanol–water partition coefficient (Wildman–Crippen LogP) is 2.11. The topological polar surface area (TPSA) is 67.4 Å². The molecule has 0 spiro atoms. The van der Waals surface area contributed by atoms with Gasteiger partial charge in [0.15, 0.2) is 6.61 Å². The molecule has 0 atom stereocenters. The van der Waals surface area contributed by atoms with Crippen molar-refractivity contribution in [1.29, 1.82) is 0 Å². The maximum absolute atomic E-state index is 12.0. The molecule has 0 bridgehead atoms. The lowest BCUT2D eigenvalue weighted by molar-refractivity contribution is -0.122. The lowest BCUT2D eigenvalue weighted by atomic mass is 10.2. The largest absolute Gasteiger partial charge is 0.484 e. The molecule has 5 nitrogen and oxygen atoms in total. The molecule has 1 heterocycles. The molecular formula is C16H18N2O3S. The van der Waals surface area contributed by atoms with Crippen molar-refractivity contribution in [2.75, 3.05) is 13.7 Å². The number of thiophene rings is 1. The molecule has 1 aromatic heterocycles. The fourth-order valence-corrected chi connectivity index (χ4v) is 2.63. The van der Waals surface area contributed by atoms with Crippen LogP contribution in [0.4, 0.5) is 0 Å². The molecule has 0 aliphatic rings. The second kappa shape index (κ2) is 7.61. The van der Waals surface area contributed by atoms with Crippen molar-refractivity contribution in [2.45, 2.75) is 13.5 Å². The van der Waals surface area contributed by atoms with Crippen LogP contribution < -0.4 is 15.4 Å². The van der Waals surface area contributed by atoms with E-state index >= 15 is 0 Å². The maximum Gasteiger partial charge on any atom is 0.261 e. The minimum absolute atomic E-state index is 0.00969. The van der Waals surface area contributed by atoms with E-state index in [9.17, 15) is 9.59 Å². The van der Waals surface area contributed by atoms with Crippen LogP contribution in [0.3, 0.4) is 0 Å². The third kappa shape index (κ3) is 4.33. The summed E-state index contributed by atoms with van der Waals surface area (Å²) in [5.74, 6) is 0.378. The Morgan fingerprint density at radius 2 is 1.91 bits per heavy atom. The number of rotatable bonds is 6. The smallest absolute Gasteiger partial charge is 0.261 e. The molecule has 2 rings (SSSR count). The van der Waals surface area contributed by atoms with E-state index in [0.29, 0.717) is 12.3 Å². The van der Waals surface area contributed by atoms with E-state index in [-0.39, 0.29) is 18.4 Å².